The number of carboxylic acids is 1. The molecule has 0 fully saturated rings. The Balaban J connectivity index is 3.69. The first-order chi connectivity index (χ1) is 7.10. The number of carbonyl (C=O) groups is 2. The van der Waals surface area contributed by atoms with Gasteiger partial charge in [0.25, 0.3) is 0 Å². The molecule has 0 heterocycles. The van der Waals surface area contributed by atoms with Gasteiger partial charge in [0.1, 0.15) is 0 Å². The number of hydrogen-bond donors (Lipinski definition) is 3. The number of rotatable bonds is 8. The zero-order chi connectivity index (χ0) is 11.7. The smallest absolute Gasteiger partial charge is 0.303 e. The SMILES string of the molecule is O=C(O)CC(CO)CNC(=O)CCCCl. The minimum Gasteiger partial charge on any atom is -0.481 e. The van der Waals surface area contributed by atoms with Crippen LogP contribution in [0.15, 0.2) is 0 Å². The van der Waals surface area contributed by atoms with Crippen molar-refractivity contribution in [2.75, 3.05) is 19.0 Å². The molecule has 1 atom stereocenters. The van der Waals surface area contributed by atoms with E-state index in [2.05, 4.69) is 5.32 Å². The highest BCUT2D eigenvalue weighted by molar-refractivity contribution is 6.17. The van der Waals surface area contributed by atoms with Crippen LogP contribution in [-0.2, 0) is 9.59 Å². The number of nitrogens with one attached hydrogen (secondary N) is 1. The fraction of sp³-hybridized carbons (Fsp3) is 0.778. The van der Waals surface area contributed by atoms with Gasteiger partial charge in [-0.1, -0.05) is 0 Å². The van der Waals surface area contributed by atoms with Gasteiger partial charge in [0, 0.05) is 31.4 Å². The maximum absolute atomic E-state index is 11.1. The highest BCUT2D eigenvalue weighted by atomic mass is 35.5. The average Bonchev–Trinajstić information content (AvgIpc) is 2.20. The predicted molar refractivity (Wildman–Crippen MR) is 55.8 cm³/mol. The van der Waals surface area contributed by atoms with Crippen LogP contribution in [-0.4, -0.2) is 41.1 Å². The van der Waals surface area contributed by atoms with Gasteiger partial charge in [-0.3, -0.25) is 9.59 Å². The van der Waals surface area contributed by atoms with Crippen molar-refractivity contribution in [2.24, 2.45) is 5.92 Å². The van der Waals surface area contributed by atoms with Gasteiger partial charge in [0.05, 0.1) is 6.42 Å². The summed E-state index contributed by atoms with van der Waals surface area (Å²) in [6, 6.07) is 0. The van der Waals surface area contributed by atoms with Crippen LogP contribution in [0.5, 0.6) is 0 Å². The van der Waals surface area contributed by atoms with Crippen molar-refractivity contribution in [2.45, 2.75) is 19.3 Å². The Morgan fingerprint density at radius 1 is 1.40 bits per heavy atom. The van der Waals surface area contributed by atoms with Gasteiger partial charge in [0.15, 0.2) is 0 Å². The lowest BCUT2D eigenvalue weighted by atomic mass is 10.1. The quantitative estimate of drug-likeness (QED) is 0.527. The second-order valence-electron chi connectivity index (χ2n) is 3.24. The summed E-state index contributed by atoms with van der Waals surface area (Å²) in [6.45, 7) is -0.0635. The van der Waals surface area contributed by atoms with E-state index in [4.69, 9.17) is 21.8 Å². The lowest BCUT2D eigenvalue weighted by molar-refractivity contribution is -0.138. The fourth-order valence-electron chi connectivity index (χ4n) is 1.02. The van der Waals surface area contributed by atoms with Crippen LogP contribution < -0.4 is 5.32 Å². The van der Waals surface area contributed by atoms with E-state index < -0.39 is 11.9 Å². The Hall–Kier alpha value is -0.810. The van der Waals surface area contributed by atoms with E-state index in [-0.39, 0.29) is 25.5 Å². The van der Waals surface area contributed by atoms with E-state index in [1.807, 2.05) is 0 Å². The molecule has 0 aliphatic rings. The first-order valence-corrected chi connectivity index (χ1v) is 5.29. The zero-order valence-electron chi connectivity index (χ0n) is 8.41. The number of alkyl halides is 1. The van der Waals surface area contributed by atoms with Crippen LogP contribution in [0.1, 0.15) is 19.3 Å². The van der Waals surface area contributed by atoms with Gasteiger partial charge in [-0.05, 0) is 6.42 Å². The molecule has 0 aromatic heterocycles. The second kappa shape index (κ2) is 8.49. The third kappa shape index (κ3) is 8.20. The van der Waals surface area contributed by atoms with E-state index >= 15 is 0 Å². The van der Waals surface area contributed by atoms with Crippen molar-refractivity contribution in [3.63, 3.8) is 0 Å². The lowest BCUT2D eigenvalue weighted by Gasteiger charge is -2.12. The number of aliphatic carboxylic acids is 1. The first-order valence-electron chi connectivity index (χ1n) is 4.75. The number of aliphatic hydroxyl groups excluding tert-OH is 1. The molecular formula is C9H16ClNO4. The van der Waals surface area contributed by atoms with Gasteiger partial charge >= 0.3 is 5.97 Å². The molecule has 0 aromatic carbocycles. The van der Waals surface area contributed by atoms with Crippen molar-refractivity contribution in [3.05, 3.63) is 0 Å². The highest BCUT2D eigenvalue weighted by Gasteiger charge is 2.13. The largest absolute Gasteiger partial charge is 0.481 e. The summed E-state index contributed by atoms with van der Waals surface area (Å²) in [5, 5.41) is 19.9. The fourth-order valence-corrected chi connectivity index (χ4v) is 1.16. The highest BCUT2D eigenvalue weighted by Crippen LogP contribution is 2.00. The Kier molecular flexibility index (Phi) is 8.04. The van der Waals surface area contributed by atoms with Crippen LogP contribution in [0.2, 0.25) is 0 Å². The molecule has 0 saturated heterocycles. The monoisotopic (exact) mass is 237 g/mol. The maximum atomic E-state index is 11.1. The number of hydrogen-bond acceptors (Lipinski definition) is 3. The van der Waals surface area contributed by atoms with E-state index in [9.17, 15) is 9.59 Å². The second-order valence-corrected chi connectivity index (χ2v) is 3.62. The summed E-state index contributed by atoms with van der Waals surface area (Å²) >= 11 is 5.41. The topological polar surface area (TPSA) is 86.6 Å². The molecule has 5 nitrogen and oxygen atoms in total. The maximum Gasteiger partial charge on any atom is 0.303 e. The summed E-state index contributed by atoms with van der Waals surface area (Å²) in [5.74, 6) is -1.16. The summed E-state index contributed by atoms with van der Waals surface area (Å²) in [7, 11) is 0. The molecule has 0 aliphatic carbocycles. The summed E-state index contributed by atoms with van der Waals surface area (Å²) < 4.78 is 0. The van der Waals surface area contributed by atoms with Crippen LogP contribution in [0, 0.1) is 5.92 Å². The average molecular weight is 238 g/mol. The number of amides is 1. The van der Waals surface area contributed by atoms with Crippen molar-refractivity contribution < 1.29 is 19.8 Å². The molecule has 1 unspecified atom stereocenters. The molecule has 0 spiro atoms. The van der Waals surface area contributed by atoms with Crippen molar-refractivity contribution in [3.8, 4) is 0 Å². The first kappa shape index (κ1) is 14.2. The van der Waals surface area contributed by atoms with Crippen molar-refractivity contribution in [1.29, 1.82) is 0 Å². The minimum atomic E-state index is -0.982. The Morgan fingerprint density at radius 3 is 2.53 bits per heavy atom. The van der Waals surface area contributed by atoms with Crippen molar-refractivity contribution in [1.82, 2.24) is 5.32 Å². The van der Waals surface area contributed by atoms with E-state index in [1.165, 1.54) is 0 Å². The Morgan fingerprint density at radius 2 is 2.07 bits per heavy atom. The van der Waals surface area contributed by atoms with E-state index in [0.29, 0.717) is 18.7 Å². The van der Waals surface area contributed by atoms with Gasteiger partial charge in [-0.15, -0.1) is 11.6 Å². The van der Waals surface area contributed by atoms with Crippen molar-refractivity contribution >= 4 is 23.5 Å². The standard InChI is InChI=1S/C9H16ClNO4/c10-3-1-2-8(13)11-5-7(6-12)4-9(14)15/h7,12H,1-6H2,(H,11,13)(H,14,15). The molecule has 0 aliphatic heterocycles. The van der Waals surface area contributed by atoms with E-state index in [0.717, 1.165) is 0 Å². The van der Waals surface area contributed by atoms with Crippen LogP contribution in [0.25, 0.3) is 0 Å². The molecule has 0 aromatic rings. The molecule has 15 heavy (non-hydrogen) atoms. The summed E-state index contributed by atoms with van der Waals surface area (Å²) in [4.78, 5) is 21.5. The Labute approximate surface area is 93.4 Å². The molecular weight excluding hydrogens is 222 g/mol. The summed E-state index contributed by atoms with van der Waals surface area (Å²) in [5.41, 5.74) is 0. The molecule has 6 heteroatoms. The number of halogens is 1. The number of carbonyl (C=O) groups excluding carboxylic acids is 1. The molecule has 0 rings (SSSR count). The van der Waals surface area contributed by atoms with Crippen LogP contribution in [0.4, 0.5) is 0 Å². The third-order valence-electron chi connectivity index (χ3n) is 1.85. The van der Waals surface area contributed by atoms with E-state index in [1.54, 1.807) is 0 Å². The molecule has 0 radical (unpaired) electrons. The Bertz CT molecular complexity index is 210. The van der Waals surface area contributed by atoms with Crippen LogP contribution >= 0.6 is 11.6 Å². The molecule has 88 valence electrons. The molecule has 0 saturated carbocycles. The lowest BCUT2D eigenvalue weighted by Crippen LogP contribution is -2.31. The predicted octanol–water partition coefficient (Wildman–Crippen LogP) is 0.205. The van der Waals surface area contributed by atoms with Gasteiger partial charge in [0.2, 0.25) is 5.91 Å². The number of aliphatic hydroxyl groups is 1. The minimum absolute atomic E-state index is 0.147. The van der Waals surface area contributed by atoms with Gasteiger partial charge in [-0.2, -0.15) is 0 Å². The normalized spacial score (nSPS) is 12.1. The molecule has 3 N–H and O–H groups in total. The van der Waals surface area contributed by atoms with Gasteiger partial charge in [-0.25, -0.2) is 0 Å². The molecule has 1 amide bonds. The van der Waals surface area contributed by atoms with Gasteiger partial charge < -0.3 is 15.5 Å². The number of carboxylic acid groups (broad SMARTS) is 1. The summed E-state index contributed by atoms with van der Waals surface area (Å²) in [6.07, 6.45) is 0.775. The third-order valence-corrected chi connectivity index (χ3v) is 2.11. The zero-order valence-corrected chi connectivity index (χ0v) is 9.16. The molecule has 0 bridgehead atoms. The van der Waals surface area contributed by atoms with Crippen LogP contribution in [0.3, 0.4) is 0 Å².